The molecule has 0 aromatic rings. The van der Waals surface area contributed by atoms with Gasteiger partial charge in [-0.25, -0.2) is 0 Å². The Kier molecular flexibility index (Phi) is 12.7. The van der Waals surface area contributed by atoms with Gasteiger partial charge in [-0.3, -0.25) is 0 Å². The Labute approximate surface area is 130 Å². The van der Waals surface area contributed by atoms with Crippen LogP contribution in [-0.2, 0) is 0 Å². The summed E-state index contributed by atoms with van der Waals surface area (Å²) in [5.41, 5.74) is 0. The average Bonchev–Trinajstić information content (AvgIpc) is 2.46. The lowest BCUT2D eigenvalue weighted by atomic mass is 9.74. The van der Waals surface area contributed by atoms with E-state index < -0.39 is 0 Å². The first-order valence-electron chi connectivity index (χ1n) is 9.60. The van der Waals surface area contributed by atoms with Crippen LogP contribution in [0.1, 0.15) is 106 Å². The Bertz CT molecular complexity index is 196. The van der Waals surface area contributed by atoms with Crippen molar-refractivity contribution >= 4 is 0 Å². The van der Waals surface area contributed by atoms with Crippen LogP contribution < -0.4 is 0 Å². The maximum Gasteiger partial charge on any atom is -0.0363 e. The number of rotatable bonds is 13. The fraction of sp³-hybridized carbons (Fsp3) is 1.00. The highest BCUT2D eigenvalue weighted by molar-refractivity contribution is 4.75. The number of hydrogen-bond donors (Lipinski definition) is 0. The van der Waals surface area contributed by atoms with Crippen LogP contribution in [0.5, 0.6) is 0 Å². The molecular weight excluding hydrogens is 240 g/mol. The highest BCUT2D eigenvalue weighted by atomic mass is 14.3. The minimum Gasteiger partial charge on any atom is -0.0654 e. The maximum absolute atomic E-state index is 2.54. The summed E-state index contributed by atoms with van der Waals surface area (Å²) in [6, 6.07) is 0. The molecule has 0 nitrogen and oxygen atoms in total. The van der Waals surface area contributed by atoms with Gasteiger partial charge >= 0.3 is 0 Å². The molecule has 0 amide bonds. The van der Waals surface area contributed by atoms with E-state index in [1.54, 1.807) is 0 Å². The van der Waals surface area contributed by atoms with Gasteiger partial charge in [-0.2, -0.15) is 0 Å². The van der Waals surface area contributed by atoms with Gasteiger partial charge in [0, 0.05) is 0 Å². The largest absolute Gasteiger partial charge is 0.0654 e. The zero-order valence-corrected chi connectivity index (χ0v) is 15.4. The van der Waals surface area contributed by atoms with Gasteiger partial charge in [0.1, 0.15) is 0 Å². The van der Waals surface area contributed by atoms with Crippen LogP contribution in [0, 0.1) is 23.7 Å². The summed E-state index contributed by atoms with van der Waals surface area (Å²) >= 11 is 0. The number of unbranched alkanes of at least 4 members (excludes halogenated alkanes) is 2. The molecule has 0 aromatic carbocycles. The van der Waals surface area contributed by atoms with Crippen molar-refractivity contribution in [2.24, 2.45) is 23.7 Å². The molecule has 0 spiro atoms. The molecule has 0 aliphatic rings. The van der Waals surface area contributed by atoms with E-state index in [9.17, 15) is 0 Å². The third-order valence-corrected chi connectivity index (χ3v) is 5.35. The van der Waals surface area contributed by atoms with Crippen LogP contribution in [0.15, 0.2) is 0 Å². The molecule has 0 heterocycles. The third-order valence-electron chi connectivity index (χ3n) is 5.35. The fourth-order valence-electron chi connectivity index (χ4n) is 3.89. The molecule has 4 unspecified atom stereocenters. The predicted octanol–water partition coefficient (Wildman–Crippen LogP) is 7.47. The summed E-state index contributed by atoms with van der Waals surface area (Å²) in [6.07, 6.45) is 14.1. The Morgan fingerprint density at radius 2 is 1.25 bits per heavy atom. The van der Waals surface area contributed by atoms with Gasteiger partial charge in [0.2, 0.25) is 0 Å². The fourth-order valence-corrected chi connectivity index (χ4v) is 3.89. The third kappa shape index (κ3) is 8.32. The topological polar surface area (TPSA) is 0 Å². The molecule has 122 valence electrons. The van der Waals surface area contributed by atoms with E-state index in [4.69, 9.17) is 0 Å². The van der Waals surface area contributed by atoms with Crippen LogP contribution in [0.3, 0.4) is 0 Å². The molecular formula is C20H42. The van der Waals surface area contributed by atoms with E-state index in [2.05, 4.69) is 41.5 Å². The lowest BCUT2D eigenvalue weighted by Gasteiger charge is -2.32. The molecule has 0 fully saturated rings. The lowest BCUT2D eigenvalue weighted by Crippen LogP contribution is -2.22. The van der Waals surface area contributed by atoms with Gasteiger partial charge in [0.05, 0.1) is 0 Å². The molecule has 0 bridgehead atoms. The second-order valence-electron chi connectivity index (χ2n) is 7.20. The van der Waals surface area contributed by atoms with Crippen molar-refractivity contribution in [1.82, 2.24) is 0 Å². The summed E-state index contributed by atoms with van der Waals surface area (Å²) in [7, 11) is 0. The molecule has 0 heteroatoms. The van der Waals surface area contributed by atoms with Crippen molar-refractivity contribution in [2.75, 3.05) is 0 Å². The highest BCUT2D eigenvalue weighted by Crippen LogP contribution is 2.34. The number of hydrogen-bond acceptors (Lipinski definition) is 0. The minimum atomic E-state index is 0.920. The average molecular weight is 283 g/mol. The summed E-state index contributed by atoms with van der Waals surface area (Å²) in [5, 5.41) is 0. The predicted molar refractivity (Wildman–Crippen MR) is 94.2 cm³/mol. The monoisotopic (exact) mass is 282 g/mol. The van der Waals surface area contributed by atoms with Gasteiger partial charge in [-0.05, 0) is 30.1 Å². The van der Waals surface area contributed by atoms with Crippen molar-refractivity contribution in [3.05, 3.63) is 0 Å². The van der Waals surface area contributed by atoms with Crippen LogP contribution in [0.4, 0.5) is 0 Å². The summed E-state index contributed by atoms with van der Waals surface area (Å²) in [6.45, 7) is 14.4. The van der Waals surface area contributed by atoms with Crippen molar-refractivity contribution < 1.29 is 0 Å². The van der Waals surface area contributed by atoms with E-state index in [1.807, 2.05) is 0 Å². The first kappa shape index (κ1) is 20.0. The molecule has 0 aliphatic carbocycles. The van der Waals surface area contributed by atoms with Crippen molar-refractivity contribution in [3.63, 3.8) is 0 Å². The standard InChI is InChI=1S/C20H42/c1-7-11-14-17(5)20(13-9-3)18(6)16-19(10-4)15-12-8-2/h17-20H,7-16H2,1-6H3. The van der Waals surface area contributed by atoms with E-state index in [0.29, 0.717) is 0 Å². The molecule has 0 radical (unpaired) electrons. The molecule has 20 heavy (non-hydrogen) atoms. The molecule has 0 N–H and O–H groups in total. The molecule has 0 rings (SSSR count). The van der Waals surface area contributed by atoms with E-state index in [-0.39, 0.29) is 0 Å². The van der Waals surface area contributed by atoms with Crippen LogP contribution in [0.2, 0.25) is 0 Å². The zero-order valence-electron chi connectivity index (χ0n) is 15.4. The van der Waals surface area contributed by atoms with Gasteiger partial charge in [-0.1, -0.05) is 99.3 Å². The van der Waals surface area contributed by atoms with Gasteiger partial charge in [-0.15, -0.1) is 0 Å². The molecule has 0 aliphatic heterocycles. The normalized spacial score (nSPS) is 17.7. The quantitative estimate of drug-likeness (QED) is 0.328. The summed E-state index contributed by atoms with van der Waals surface area (Å²) in [4.78, 5) is 0. The Balaban J connectivity index is 4.40. The minimum absolute atomic E-state index is 0.920. The van der Waals surface area contributed by atoms with E-state index in [0.717, 1.165) is 23.7 Å². The second-order valence-corrected chi connectivity index (χ2v) is 7.20. The van der Waals surface area contributed by atoms with Gasteiger partial charge in [0.25, 0.3) is 0 Å². The Hall–Kier alpha value is 0. The molecule has 0 saturated carbocycles. The molecule has 0 saturated heterocycles. The van der Waals surface area contributed by atoms with E-state index >= 15 is 0 Å². The Morgan fingerprint density at radius 3 is 1.75 bits per heavy atom. The zero-order chi connectivity index (χ0) is 15.4. The van der Waals surface area contributed by atoms with Gasteiger partial charge in [0.15, 0.2) is 0 Å². The molecule has 4 atom stereocenters. The first-order chi connectivity index (χ1) is 9.60. The van der Waals surface area contributed by atoms with E-state index in [1.165, 1.54) is 64.2 Å². The SMILES string of the molecule is CCCCC(CC)CC(C)C(CCC)C(C)CCCC. The van der Waals surface area contributed by atoms with Crippen molar-refractivity contribution in [3.8, 4) is 0 Å². The van der Waals surface area contributed by atoms with Crippen LogP contribution in [0.25, 0.3) is 0 Å². The highest BCUT2D eigenvalue weighted by Gasteiger charge is 2.24. The van der Waals surface area contributed by atoms with Crippen LogP contribution in [-0.4, -0.2) is 0 Å². The maximum atomic E-state index is 2.54. The second kappa shape index (κ2) is 12.7. The molecule has 0 aromatic heterocycles. The van der Waals surface area contributed by atoms with Crippen LogP contribution >= 0.6 is 0 Å². The van der Waals surface area contributed by atoms with Crippen molar-refractivity contribution in [1.29, 1.82) is 0 Å². The first-order valence-corrected chi connectivity index (χ1v) is 9.60. The Morgan fingerprint density at radius 1 is 0.650 bits per heavy atom. The lowest BCUT2D eigenvalue weighted by molar-refractivity contribution is 0.186. The summed E-state index contributed by atoms with van der Waals surface area (Å²) < 4.78 is 0. The van der Waals surface area contributed by atoms with Crippen molar-refractivity contribution in [2.45, 2.75) is 106 Å². The smallest absolute Gasteiger partial charge is 0.0363 e. The van der Waals surface area contributed by atoms with Gasteiger partial charge < -0.3 is 0 Å². The summed E-state index contributed by atoms with van der Waals surface area (Å²) in [5.74, 6) is 3.78.